The van der Waals surface area contributed by atoms with Gasteiger partial charge in [0.1, 0.15) is 6.04 Å². The summed E-state index contributed by atoms with van der Waals surface area (Å²) >= 11 is 0. The van der Waals surface area contributed by atoms with Crippen molar-refractivity contribution in [1.82, 2.24) is 14.8 Å². The molecule has 7 nitrogen and oxygen atoms in total. The number of amides is 4. The van der Waals surface area contributed by atoms with E-state index in [1.165, 1.54) is 4.90 Å². The van der Waals surface area contributed by atoms with E-state index in [0.717, 1.165) is 16.5 Å². The molecule has 0 saturated carbocycles. The molecule has 0 radical (unpaired) electrons. The number of aromatic nitrogens is 1. The maximum atomic E-state index is 12.7. The highest BCUT2D eigenvalue weighted by Crippen LogP contribution is 2.27. The average Bonchev–Trinajstić information content (AvgIpc) is 3.29. The Morgan fingerprint density at radius 2 is 1.84 bits per heavy atom. The van der Waals surface area contributed by atoms with Gasteiger partial charge in [-0.05, 0) is 44.0 Å². The van der Waals surface area contributed by atoms with Crippen LogP contribution in [0.3, 0.4) is 0 Å². The Labute approximate surface area is 181 Å². The molecule has 1 aromatic heterocycles. The number of urea groups is 1. The zero-order valence-corrected chi connectivity index (χ0v) is 17.7. The van der Waals surface area contributed by atoms with Crippen LogP contribution in [0.4, 0.5) is 10.5 Å². The number of fused-ring (bicyclic) bond motifs is 1. The second-order valence-corrected chi connectivity index (χ2v) is 8.03. The highest BCUT2D eigenvalue weighted by Gasteiger charge is 2.38. The molecule has 0 spiro atoms. The summed E-state index contributed by atoms with van der Waals surface area (Å²) in [7, 11) is 0. The molecular weight excluding hydrogens is 392 g/mol. The fourth-order valence-corrected chi connectivity index (χ4v) is 3.95. The minimum absolute atomic E-state index is 0.103. The number of carbonyl (C=O) groups excluding carboxylic acids is 3. The third kappa shape index (κ3) is 4.30. The number of rotatable bonds is 7. The number of hydrogen-bond donors (Lipinski definition) is 2. The Kier molecular flexibility index (Phi) is 5.75. The Morgan fingerprint density at radius 1 is 1.06 bits per heavy atom. The summed E-state index contributed by atoms with van der Waals surface area (Å²) in [6, 6.07) is 16.4. The van der Waals surface area contributed by atoms with Gasteiger partial charge in [0.05, 0.1) is 17.6 Å². The van der Waals surface area contributed by atoms with Gasteiger partial charge in [-0.2, -0.15) is 0 Å². The minimum Gasteiger partial charge on any atom is -0.345 e. The second kappa shape index (κ2) is 8.63. The van der Waals surface area contributed by atoms with E-state index >= 15 is 0 Å². The molecule has 2 heterocycles. The van der Waals surface area contributed by atoms with E-state index in [0.29, 0.717) is 18.2 Å². The lowest BCUT2D eigenvalue weighted by Gasteiger charge is -2.13. The number of nitrogens with one attached hydrogen (secondary N) is 2. The molecule has 1 aliphatic rings. The Balaban J connectivity index is 1.39. The maximum Gasteiger partial charge on any atom is 0.324 e. The first kappa shape index (κ1) is 20.7. The molecule has 2 aromatic carbocycles. The van der Waals surface area contributed by atoms with Crippen LogP contribution in [-0.4, -0.2) is 39.9 Å². The quantitative estimate of drug-likeness (QED) is 0.574. The van der Waals surface area contributed by atoms with Crippen LogP contribution in [0, 0.1) is 0 Å². The van der Waals surface area contributed by atoms with E-state index in [1.54, 1.807) is 0 Å². The Bertz CT molecular complexity index is 1120. The molecule has 160 valence electrons. The number of benzene rings is 2. The third-order valence-electron chi connectivity index (χ3n) is 5.56. The first-order valence-electron chi connectivity index (χ1n) is 10.5. The summed E-state index contributed by atoms with van der Waals surface area (Å²) in [6.45, 7) is 4.49. The molecule has 1 atom stereocenters. The van der Waals surface area contributed by atoms with Gasteiger partial charge in [-0.15, -0.1) is 0 Å². The van der Waals surface area contributed by atoms with Gasteiger partial charge in [0.2, 0.25) is 5.91 Å². The molecule has 7 heteroatoms. The predicted octanol–water partition coefficient (Wildman–Crippen LogP) is 3.71. The minimum atomic E-state index is -0.845. The number of nitrogens with zero attached hydrogens (tertiary/aromatic N) is 2. The summed E-state index contributed by atoms with van der Waals surface area (Å²) in [5.74, 6) is -0.673. The number of anilines is 1. The number of imide groups is 1. The van der Waals surface area contributed by atoms with Crippen molar-refractivity contribution in [1.29, 1.82) is 0 Å². The molecule has 1 unspecified atom stereocenters. The zero-order chi connectivity index (χ0) is 22.0. The van der Waals surface area contributed by atoms with E-state index in [9.17, 15) is 14.4 Å². The molecule has 0 bridgehead atoms. The van der Waals surface area contributed by atoms with Crippen molar-refractivity contribution in [3.63, 3.8) is 0 Å². The van der Waals surface area contributed by atoms with Crippen LogP contribution in [0.2, 0.25) is 0 Å². The van der Waals surface area contributed by atoms with Crippen molar-refractivity contribution in [2.45, 2.75) is 38.8 Å². The summed E-state index contributed by atoms with van der Waals surface area (Å²) in [5, 5.41) is 6.47. The average molecular weight is 418 g/mol. The molecule has 1 fully saturated rings. The van der Waals surface area contributed by atoms with Crippen LogP contribution in [0.5, 0.6) is 0 Å². The predicted molar refractivity (Wildman–Crippen MR) is 120 cm³/mol. The maximum absolute atomic E-state index is 12.7. The van der Waals surface area contributed by atoms with E-state index in [-0.39, 0.29) is 24.8 Å². The summed E-state index contributed by atoms with van der Waals surface area (Å²) in [5.41, 5.74) is 2.77. The van der Waals surface area contributed by atoms with Gasteiger partial charge in [0, 0.05) is 24.2 Å². The molecular formula is C24H26N4O3. The van der Waals surface area contributed by atoms with Crippen molar-refractivity contribution in [2.75, 3.05) is 11.9 Å². The van der Waals surface area contributed by atoms with Crippen LogP contribution < -0.4 is 10.6 Å². The van der Waals surface area contributed by atoms with Crippen LogP contribution >= 0.6 is 0 Å². The lowest BCUT2D eigenvalue weighted by molar-refractivity contribution is -0.129. The first-order chi connectivity index (χ1) is 14.9. The lowest BCUT2D eigenvalue weighted by Crippen LogP contribution is -2.34. The van der Waals surface area contributed by atoms with Crippen molar-refractivity contribution in [3.05, 3.63) is 66.4 Å². The van der Waals surface area contributed by atoms with E-state index in [1.807, 2.05) is 60.8 Å². The Hall–Kier alpha value is -3.61. The summed E-state index contributed by atoms with van der Waals surface area (Å²) in [6.07, 6.45) is 2.47. The van der Waals surface area contributed by atoms with E-state index in [4.69, 9.17) is 0 Å². The molecule has 2 N–H and O–H groups in total. The smallest absolute Gasteiger partial charge is 0.324 e. The van der Waals surface area contributed by atoms with Gasteiger partial charge >= 0.3 is 6.03 Å². The van der Waals surface area contributed by atoms with Crippen LogP contribution in [-0.2, 0) is 16.0 Å². The molecule has 1 saturated heterocycles. The first-order valence-corrected chi connectivity index (χ1v) is 10.5. The van der Waals surface area contributed by atoms with Crippen molar-refractivity contribution in [3.8, 4) is 0 Å². The highest BCUT2D eigenvalue weighted by atomic mass is 16.2. The van der Waals surface area contributed by atoms with Crippen molar-refractivity contribution < 1.29 is 14.4 Å². The van der Waals surface area contributed by atoms with Gasteiger partial charge < -0.3 is 15.2 Å². The van der Waals surface area contributed by atoms with Gasteiger partial charge in [0.25, 0.3) is 5.91 Å². The van der Waals surface area contributed by atoms with E-state index < -0.39 is 12.1 Å². The van der Waals surface area contributed by atoms with Crippen LogP contribution in [0.25, 0.3) is 10.9 Å². The number of hydrogen-bond acceptors (Lipinski definition) is 3. The highest BCUT2D eigenvalue weighted by molar-refractivity contribution is 6.08. The zero-order valence-electron chi connectivity index (χ0n) is 17.7. The van der Waals surface area contributed by atoms with Crippen LogP contribution in [0.1, 0.15) is 31.9 Å². The Morgan fingerprint density at radius 3 is 2.58 bits per heavy atom. The summed E-state index contributed by atoms with van der Waals surface area (Å²) < 4.78 is 2.14. The van der Waals surface area contributed by atoms with Crippen molar-refractivity contribution in [2.24, 2.45) is 0 Å². The SMILES string of the molecule is CC(C)n1ccc2c(NC(=O)CC3NC(=O)N(CCc4ccccc4)C3=O)cccc21. The van der Waals surface area contributed by atoms with E-state index in [2.05, 4.69) is 29.0 Å². The fourth-order valence-electron chi connectivity index (χ4n) is 3.95. The summed E-state index contributed by atoms with van der Waals surface area (Å²) in [4.78, 5) is 38.8. The molecule has 4 amide bonds. The van der Waals surface area contributed by atoms with Crippen LogP contribution in [0.15, 0.2) is 60.8 Å². The van der Waals surface area contributed by atoms with Gasteiger partial charge in [-0.3, -0.25) is 14.5 Å². The lowest BCUT2D eigenvalue weighted by atomic mass is 10.1. The van der Waals surface area contributed by atoms with Gasteiger partial charge in [-0.1, -0.05) is 36.4 Å². The second-order valence-electron chi connectivity index (χ2n) is 8.03. The standard InChI is InChI=1S/C24H26N4O3/c1-16(2)27-14-12-18-19(9-6-10-21(18)27)25-22(29)15-20-23(30)28(24(31)26-20)13-11-17-7-4-3-5-8-17/h3-10,12,14,16,20H,11,13,15H2,1-2H3,(H,25,29)(H,26,31). The molecule has 1 aliphatic heterocycles. The molecule has 31 heavy (non-hydrogen) atoms. The molecule has 3 aromatic rings. The molecule has 0 aliphatic carbocycles. The monoisotopic (exact) mass is 418 g/mol. The van der Waals surface area contributed by atoms with Gasteiger partial charge in [-0.25, -0.2) is 4.79 Å². The topological polar surface area (TPSA) is 83.4 Å². The normalized spacial score (nSPS) is 16.2. The fraction of sp³-hybridized carbons (Fsp3) is 0.292. The van der Waals surface area contributed by atoms with Crippen molar-refractivity contribution >= 4 is 34.4 Å². The number of carbonyl (C=O) groups is 3. The van der Waals surface area contributed by atoms with Gasteiger partial charge in [0.15, 0.2) is 0 Å². The largest absolute Gasteiger partial charge is 0.345 e. The third-order valence-corrected chi connectivity index (χ3v) is 5.56. The molecule has 4 rings (SSSR count).